The van der Waals surface area contributed by atoms with Crippen molar-refractivity contribution in [2.45, 2.75) is 25.1 Å². The Morgan fingerprint density at radius 3 is 2.78 bits per heavy atom. The Hall–Kier alpha value is -1.66. The fourth-order valence-electron chi connectivity index (χ4n) is 3.63. The number of nitrogens with zero attached hydrogens (tertiary/aromatic N) is 2. The van der Waals surface area contributed by atoms with E-state index in [9.17, 15) is 8.42 Å². The molecule has 1 aromatic carbocycles. The molecule has 2 aliphatic rings. The van der Waals surface area contributed by atoms with Crippen LogP contribution >= 0.6 is 0 Å². The molecular weight excluding hydrogens is 312 g/mol. The number of hydrogen-bond acceptors (Lipinski definition) is 5. The summed E-state index contributed by atoms with van der Waals surface area (Å²) in [4.78, 5) is 6.50. The van der Waals surface area contributed by atoms with Gasteiger partial charge in [0.1, 0.15) is 0 Å². The van der Waals surface area contributed by atoms with E-state index in [0.717, 1.165) is 24.3 Å². The third kappa shape index (κ3) is 2.81. The van der Waals surface area contributed by atoms with E-state index in [-0.39, 0.29) is 11.2 Å². The highest BCUT2D eigenvalue weighted by atomic mass is 32.2. The maximum Gasteiger partial charge on any atom is 0.209 e. The predicted molar refractivity (Wildman–Crippen MR) is 87.6 cm³/mol. The third-order valence-electron chi connectivity index (χ3n) is 4.94. The molecule has 2 fully saturated rings. The molecule has 6 heteroatoms. The number of sulfone groups is 1. The standard InChI is InChI=1S/C17H20N2O3S/c1-12-2-4-13(5-3-12)15-8-18-17(22-15)11-19-9-14-6-7-23(20,21)16(14)10-19/h2-5,8,14,16H,6-7,9-11H2,1H3/t14-,16+/m0/s1. The second kappa shape index (κ2) is 5.46. The average molecular weight is 332 g/mol. The van der Waals surface area contributed by atoms with Crippen LogP contribution in [0, 0.1) is 12.8 Å². The minimum absolute atomic E-state index is 0.186. The molecule has 0 unspecified atom stereocenters. The van der Waals surface area contributed by atoms with Gasteiger partial charge >= 0.3 is 0 Å². The van der Waals surface area contributed by atoms with Crippen LogP contribution in [0.1, 0.15) is 17.9 Å². The van der Waals surface area contributed by atoms with Crippen LogP contribution in [-0.2, 0) is 16.4 Å². The molecule has 122 valence electrons. The van der Waals surface area contributed by atoms with Crippen molar-refractivity contribution in [2.24, 2.45) is 5.92 Å². The summed E-state index contributed by atoms with van der Waals surface area (Å²) in [5, 5.41) is -0.186. The van der Waals surface area contributed by atoms with E-state index in [2.05, 4.69) is 9.88 Å². The fourth-order valence-corrected chi connectivity index (χ4v) is 5.81. The molecule has 0 saturated carbocycles. The summed E-state index contributed by atoms with van der Waals surface area (Å²) in [6.45, 7) is 4.06. The van der Waals surface area contributed by atoms with Gasteiger partial charge in [-0.05, 0) is 19.3 Å². The van der Waals surface area contributed by atoms with Gasteiger partial charge in [-0.15, -0.1) is 0 Å². The van der Waals surface area contributed by atoms with E-state index >= 15 is 0 Å². The lowest BCUT2D eigenvalue weighted by molar-refractivity contribution is 0.280. The van der Waals surface area contributed by atoms with Gasteiger partial charge in [0.25, 0.3) is 0 Å². The minimum Gasteiger partial charge on any atom is -0.439 e. The molecule has 5 nitrogen and oxygen atoms in total. The first-order valence-electron chi connectivity index (χ1n) is 7.97. The van der Waals surface area contributed by atoms with E-state index in [4.69, 9.17) is 4.42 Å². The van der Waals surface area contributed by atoms with Gasteiger partial charge in [0, 0.05) is 18.7 Å². The zero-order valence-electron chi connectivity index (χ0n) is 13.1. The van der Waals surface area contributed by atoms with Crippen molar-refractivity contribution in [1.29, 1.82) is 0 Å². The Morgan fingerprint density at radius 1 is 1.26 bits per heavy atom. The van der Waals surface area contributed by atoms with E-state index < -0.39 is 9.84 Å². The zero-order chi connectivity index (χ0) is 16.0. The molecule has 0 aliphatic carbocycles. The van der Waals surface area contributed by atoms with Crippen molar-refractivity contribution < 1.29 is 12.8 Å². The molecule has 0 N–H and O–H groups in total. The molecule has 2 saturated heterocycles. The number of aromatic nitrogens is 1. The van der Waals surface area contributed by atoms with Crippen molar-refractivity contribution in [3.05, 3.63) is 41.9 Å². The summed E-state index contributed by atoms with van der Waals surface area (Å²) >= 11 is 0. The summed E-state index contributed by atoms with van der Waals surface area (Å²) in [6.07, 6.45) is 2.54. The molecule has 0 bridgehead atoms. The lowest BCUT2D eigenvalue weighted by atomic mass is 10.1. The molecule has 2 aliphatic heterocycles. The van der Waals surface area contributed by atoms with Gasteiger partial charge in [-0.25, -0.2) is 13.4 Å². The molecule has 0 spiro atoms. The van der Waals surface area contributed by atoms with Crippen LogP contribution in [0.2, 0.25) is 0 Å². The molecule has 2 atom stereocenters. The first-order chi connectivity index (χ1) is 11.0. The Bertz CT molecular complexity index is 811. The Balaban J connectivity index is 1.46. The van der Waals surface area contributed by atoms with Gasteiger partial charge in [0.2, 0.25) is 5.89 Å². The number of aryl methyl sites for hydroxylation is 1. The highest BCUT2D eigenvalue weighted by Gasteiger charge is 2.46. The first kappa shape index (κ1) is 14.9. The quantitative estimate of drug-likeness (QED) is 0.863. The van der Waals surface area contributed by atoms with Crippen LogP contribution in [0.15, 0.2) is 34.9 Å². The lowest BCUT2D eigenvalue weighted by Gasteiger charge is -2.13. The van der Waals surface area contributed by atoms with Crippen LogP contribution in [-0.4, -0.2) is 42.4 Å². The average Bonchev–Trinajstić information content (AvgIpc) is 3.19. The molecule has 3 heterocycles. The van der Waals surface area contributed by atoms with Gasteiger partial charge in [0.15, 0.2) is 15.6 Å². The van der Waals surface area contributed by atoms with Gasteiger partial charge in [0.05, 0.1) is 23.7 Å². The fraction of sp³-hybridized carbons (Fsp3) is 0.471. The van der Waals surface area contributed by atoms with Crippen molar-refractivity contribution in [3.8, 4) is 11.3 Å². The Morgan fingerprint density at radius 2 is 2.04 bits per heavy atom. The predicted octanol–water partition coefficient (Wildman–Crippen LogP) is 2.27. The number of fused-ring (bicyclic) bond motifs is 1. The number of benzene rings is 1. The Labute approximate surface area is 136 Å². The second-order valence-corrected chi connectivity index (χ2v) is 8.97. The highest BCUT2D eigenvalue weighted by molar-refractivity contribution is 7.92. The van der Waals surface area contributed by atoms with Crippen LogP contribution in [0.5, 0.6) is 0 Å². The maximum atomic E-state index is 12.0. The summed E-state index contributed by atoms with van der Waals surface area (Å²) in [6, 6.07) is 8.13. The molecule has 0 radical (unpaired) electrons. The largest absolute Gasteiger partial charge is 0.439 e. The maximum absolute atomic E-state index is 12.0. The van der Waals surface area contributed by atoms with Crippen LogP contribution in [0.4, 0.5) is 0 Å². The third-order valence-corrected chi connectivity index (χ3v) is 7.20. The van der Waals surface area contributed by atoms with Crippen LogP contribution in [0.25, 0.3) is 11.3 Å². The van der Waals surface area contributed by atoms with E-state index in [1.807, 2.05) is 31.2 Å². The zero-order valence-corrected chi connectivity index (χ0v) is 13.9. The van der Waals surface area contributed by atoms with Crippen LogP contribution in [0.3, 0.4) is 0 Å². The summed E-state index contributed by atoms with van der Waals surface area (Å²) < 4.78 is 29.8. The van der Waals surface area contributed by atoms with E-state index in [0.29, 0.717) is 24.7 Å². The molecule has 1 aromatic heterocycles. The Kier molecular flexibility index (Phi) is 3.54. The van der Waals surface area contributed by atoms with Crippen molar-refractivity contribution in [1.82, 2.24) is 9.88 Å². The number of hydrogen-bond donors (Lipinski definition) is 0. The molecular formula is C17H20N2O3S. The summed E-state index contributed by atoms with van der Waals surface area (Å²) in [7, 11) is -2.88. The van der Waals surface area contributed by atoms with Gasteiger partial charge in [-0.3, -0.25) is 4.90 Å². The highest BCUT2D eigenvalue weighted by Crippen LogP contribution is 2.34. The topological polar surface area (TPSA) is 63.4 Å². The van der Waals surface area contributed by atoms with Gasteiger partial charge in [-0.1, -0.05) is 29.8 Å². The van der Waals surface area contributed by atoms with Crippen LogP contribution < -0.4 is 0 Å². The summed E-state index contributed by atoms with van der Waals surface area (Å²) in [5.41, 5.74) is 2.22. The normalized spacial score (nSPS) is 26.5. The summed E-state index contributed by atoms with van der Waals surface area (Å²) in [5.74, 6) is 2.05. The lowest BCUT2D eigenvalue weighted by Crippen LogP contribution is -2.26. The van der Waals surface area contributed by atoms with Crippen molar-refractivity contribution in [3.63, 3.8) is 0 Å². The van der Waals surface area contributed by atoms with E-state index in [1.165, 1.54) is 5.56 Å². The second-order valence-electron chi connectivity index (χ2n) is 6.63. The number of rotatable bonds is 3. The number of likely N-dealkylation sites (tertiary alicyclic amines) is 1. The monoisotopic (exact) mass is 332 g/mol. The molecule has 0 amide bonds. The SMILES string of the molecule is Cc1ccc(-c2cnc(CN3C[C@@H]4CCS(=O)(=O)[C@@H]4C3)o2)cc1. The first-order valence-corrected chi connectivity index (χ1v) is 9.68. The number of oxazole rings is 1. The molecule has 2 aromatic rings. The molecule has 23 heavy (non-hydrogen) atoms. The van der Waals surface area contributed by atoms with Crippen molar-refractivity contribution in [2.75, 3.05) is 18.8 Å². The van der Waals surface area contributed by atoms with Gasteiger partial charge < -0.3 is 4.42 Å². The van der Waals surface area contributed by atoms with Gasteiger partial charge in [-0.2, -0.15) is 0 Å². The smallest absolute Gasteiger partial charge is 0.209 e. The molecule has 4 rings (SSSR count). The van der Waals surface area contributed by atoms with E-state index in [1.54, 1.807) is 6.20 Å². The van der Waals surface area contributed by atoms with Crippen molar-refractivity contribution >= 4 is 9.84 Å². The minimum atomic E-state index is -2.88.